The predicted octanol–water partition coefficient (Wildman–Crippen LogP) is 3.32. The first-order chi connectivity index (χ1) is 8.84. The van der Waals surface area contributed by atoms with Gasteiger partial charge in [0.15, 0.2) is 0 Å². The summed E-state index contributed by atoms with van der Waals surface area (Å²) in [6.07, 6.45) is -2.79. The molecule has 0 aliphatic rings. The first-order valence-corrected chi connectivity index (χ1v) is 5.52. The van der Waals surface area contributed by atoms with Crippen LogP contribution < -0.4 is 0 Å². The number of carbonyl (C=O) groups is 1. The summed E-state index contributed by atoms with van der Waals surface area (Å²) >= 11 is 0. The molecule has 100 valence electrons. The van der Waals surface area contributed by atoms with Gasteiger partial charge in [-0.05, 0) is 32.0 Å². The van der Waals surface area contributed by atoms with E-state index in [4.69, 9.17) is 0 Å². The molecule has 2 aromatic rings. The molecule has 2 rings (SSSR count). The van der Waals surface area contributed by atoms with Crippen LogP contribution in [0, 0.1) is 13.8 Å². The zero-order valence-corrected chi connectivity index (χ0v) is 10.3. The van der Waals surface area contributed by atoms with E-state index in [1.54, 1.807) is 13.8 Å². The van der Waals surface area contributed by atoms with E-state index in [1.165, 1.54) is 23.0 Å². The lowest BCUT2D eigenvalue weighted by Crippen LogP contribution is -2.12. The highest BCUT2D eigenvalue weighted by molar-refractivity contribution is 5.76. The Morgan fingerprint density at radius 1 is 1.26 bits per heavy atom. The molecule has 1 aromatic heterocycles. The minimum atomic E-state index is -4.53. The summed E-state index contributed by atoms with van der Waals surface area (Å²) in [5, 5.41) is 0. The number of halogens is 3. The van der Waals surface area contributed by atoms with Gasteiger partial charge in [0.25, 0.3) is 0 Å². The topological polar surface area (TPSA) is 34.9 Å². The van der Waals surface area contributed by atoms with Crippen molar-refractivity contribution in [2.24, 2.45) is 0 Å². The Balaban J connectivity index is 2.70. The molecule has 1 heterocycles. The number of carbonyl (C=O) groups excluding carboxylic acids is 1. The minimum Gasteiger partial charge on any atom is -0.303 e. The number of hydrogen-bond acceptors (Lipinski definition) is 2. The largest absolute Gasteiger partial charge is 0.418 e. The van der Waals surface area contributed by atoms with Crippen molar-refractivity contribution in [1.29, 1.82) is 0 Å². The zero-order valence-electron chi connectivity index (χ0n) is 10.3. The normalized spacial score (nSPS) is 11.6. The van der Waals surface area contributed by atoms with Crippen LogP contribution in [0.1, 0.15) is 27.3 Å². The van der Waals surface area contributed by atoms with Gasteiger partial charge in [0, 0.05) is 11.3 Å². The second kappa shape index (κ2) is 4.53. The second-order valence-corrected chi connectivity index (χ2v) is 4.18. The van der Waals surface area contributed by atoms with Crippen LogP contribution >= 0.6 is 0 Å². The van der Waals surface area contributed by atoms with Crippen LogP contribution in [0.4, 0.5) is 13.2 Å². The Hall–Kier alpha value is -2.11. The molecule has 0 spiro atoms. The lowest BCUT2D eigenvalue weighted by Gasteiger charge is -2.15. The third-order valence-corrected chi connectivity index (χ3v) is 2.97. The van der Waals surface area contributed by atoms with Crippen LogP contribution in [0.2, 0.25) is 0 Å². The van der Waals surface area contributed by atoms with E-state index in [-0.39, 0.29) is 11.3 Å². The highest BCUT2D eigenvalue weighted by Gasteiger charge is 2.34. The van der Waals surface area contributed by atoms with E-state index in [0.29, 0.717) is 17.7 Å². The molecule has 0 aliphatic heterocycles. The molecule has 0 fully saturated rings. The first-order valence-electron chi connectivity index (χ1n) is 5.52. The lowest BCUT2D eigenvalue weighted by atomic mass is 10.1. The number of nitrogens with zero attached hydrogens (tertiary/aromatic N) is 2. The van der Waals surface area contributed by atoms with Crippen LogP contribution in [0.15, 0.2) is 24.5 Å². The summed E-state index contributed by atoms with van der Waals surface area (Å²) in [6, 6.07) is 3.48. The molecular weight excluding hydrogens is 257 g/mol. The number of alkyl halides is 3. The standard InChI is InChI=1S/C13H11F3N2O/c1-8-9(2)18(7-17-8)12-4-3-10(6-19)5-11(12)13(14,15)16/h3-7H,1-2H3. The maximum atomic E-state index is 13.0. The maximum absolute atomic E-state index is 13.0. The van der Waals surface area contributed by atoms with Gasteiger partial charge in [-0.2, -0.15) is 13.2 Å². The quantitative estimate of drug-likeness (QED) is 0.783. The van der Waals surface area contributed by atoms with Gasteiger partial charge >= 0.3 is 6.18 Å². The summed E-state index contributed by atoms with van der Waals surface area (Å²) in [5.41, 5.74) is 0.399. The second-order valence-electron chi connectivity index (χ2n) is 4.18. The fraction of sp³-hybridized carbons (Fsp3) is 0.231. The average Bonchev–Trinajstić information content (AvgIpc) is 2.68. The molecule has 0 saturated carbocycles. The van der Waals surface area contributed by atoms with E-state index >= 15 is 0 Å². The van der Waals surface area contributed by atoms with Gasteiger partial charge in [0.1, 0.15) is 6.29 Å². The number of imidazole rings is 1. The van der Waals surface area contributed by atoms with Crippen LogP contribution in [-0.4, -0.2) is 15.8 Å². The molecule has 0 aliphatic carbocycles. The molecule has 0 bridgehead atoms. The fourth-order valence-electron chi connectivity index (χ4n) is 1.81. The monoisotopic (exact) mass is 268 g/mol. The summed E-state index contributed by atoms with van der Waals surface area (Å²) in [4.78, 5) is 14.6. The van der Waals surface area contributed by atoms with Crippen molar-refractivity contribution < 1.29 is 18.0 Å². The Morgan fingerprint density at radius 3 is 2.42 bits per heavy atom. The number of aryl methyl sites for hydroxylation is 1. The van der Waals surface area contributed by atoms with Gasteiger partial charge in [-0.3, -0.25) is 4.79 Å². The van der Waals surface area contributed by atoms with E-state index in [0.717, 1.165) is 6.07 Å². The van der Waals surface area contributed by atoms with E-state index < -0.39 is 11.7 Å². The number of aldehydes is 1. The molecule has 0 amide bonds. The zero-order chi connectivity index (χ0) is 14.2. The summed E-state index contributed by atoms with van der Waals surface area (Å²) in [5.74, 6) is 0. The number of aromatic nitrogens is 2. The van der Waals surface area contributed by atoms with Crippen molar-refractivity contribution in [2.45, 2.75) is 20.0 Å². The van der Waals surface area contributed by atoms with Gasteiger partial charge in [-0.25, -0.2) is 4.98 Å². The van der Waals surface area contributed by atoms with Gasteiger partial charge in [-0.15, -0.1) is 0 Å². The Labute approximate surface area is 107 Å². The smallest absolute Gasteiger partial charge is 0.303 e. The molecule has 0 atom stereocenters. The van der Waals surface area contributed by atoms with Crippen molar-refractivity contribution in [3.63, 3.8) is 0 Å². The Kier molecular flexibility index (Phi) is 3.18. The molecule has 6 heteroatoms. The van der Waals surface area contributed by atoms with E-state index in [9.17, 15) is 18.0 Å². The summed E-state index contributed by atoms with van der Waals surface area (Å²) in [6.45, 7) is 3.41. The van der Waals surface area contributed by atoms with Crippen LogP contribution in [0.5, 0.6) is 0 Å². The van der Waals surface area contributed by atoms with Crippen LogP contribution in [0.25, 0.3) is 5.69 Å². The van der Waals surface area contributed by atoms with Gasteiger partial charge < -0.3 is 4.57 Å². The number of rotatable bonds is 2. The molecule has 0 radical (unpaired) electrons. The molecular formula is C13H11F3N2O. The van der Waals surface area contributed by atoms with Gasteiger partial charge in [0.2, 0.25) is 0 Å². The maximum Gasteiger partial charge on any atom is 0.418 e. The molecule has 0 saturated heterocycles. The van der Waals surface area contributed by atoms with Gasteiger partial charge in [0.05, 0.1) is 23.3 Å². The minimum absolute atomic E-state index is 0.00874. The fourth-order valence-corrected chi connectivity index (χ4v) is 1.81. The molecule has 0 N–H and O–H groups in total. The molecule has 0 unspecified atom stereocenters. The molecule has 3 nitrogen and oxygen atoms in total. The highest BCUT2D eigenvalue weighted by Crippen LogP contribution is 2.35. The van der Waals surface area contributed by atoms with Crippen molar-refractivity contribution in [3.05, 3.63) is 47.0 Å². The molecule has 1 aromatic carbocycles. The third kappa shape index (κ3) is 2.38. The number of benzene rings is 1. The summed E-state index contributed by atoms with van der Waals surface area (Å²) < 4.78 is 40.5. The first kappa shape index (κ1) is 13.3. The Bertz CT molecular complexity index is 629. The lowest BCUT2D eigenvalue weighted by molar-refractivity contribution is -0.137. The highest BCUT2D eigenvalue weighted by atomic mass is 19.4. The molecule has 19 heavy (non-hydrogen) atoms. The van der Waals surface area contributed by atoms with Crippen molar-refractivity contribution >= 4 is 6.29 Å². The Morgan fingerprint density at radius 2 is 1.95 bits per heavy atom. The van der Waals surface area contributed by atoms with Crippen LogP contribution in [0.3, 0.4) is 0 Å². The third-order valence-electron chi connectivity index (χ3n) is 2.97. The summed E-state index contributed by atoms with van der Waals surface area (Å²) in [7, 11) is 0. The van der Waals surface area contributed by atoms with Crippen molar-refractivity contribution in [1.82, 2.24) is 9.55 Å². The predicted molar refractivity (Wildman–Crippen MR) is 63.4 cm³/mol. The van der Waals surface area contributed by atoms with E-state index in [2.05, 4.69) is 4.98 Å². The number of hydrogen-bond donors (Lipinski definition) is 0. The van der Waals surface area contributed by atoms with Gasteiger partial charge in [-0.1, -0.05) is 0 Å². The van der Waals surface area contributed by atoms with Crippen molar-refractivity contribution in [2.75, 3.05) is 0 Å². The van der Waals surface area contributed by atoms with E-state index in [1.807, 2.05) is 0 Å². The van der Waals surface area contributed by atoms with Crippen molar-refractivity contribution in [3.8, 4) is 5.69 Å². The average molecular weight is 268 g/mol. The van der Waals surface area contributed by atoms with Crippen LogP contribution in [-0.2, 0) is 6.18 Å². The SMILES string of the molecule is Cc1ncn(-c2ccc(C=O)cc2C(F)(F)F)c1C.